The molecule has 0 unspecified atom stereocenters. The number of benzene rings is 1. The number of aliphatic carboxylic acids is 1. The molecule has 1 aromatic carbocycles. The number of fused-ring (bicyclic) bond motifs is 1. The Kier molecular flexibility index (Phi) is 2.98. The van der Waals surface area contributed by atoms with Crippen molar-refractivity contribution in [1.29, 1.82) is 5.26 Å². The fourth-order valence-corrected chi connectivity index (χ4v) is 3.38. The Morgan fingerprint density at radius 2 is 2.25 bits per heavy atom. The topological polar surface area (TPSA) is 66.0 Å². The average Bonchev–Trinajstić information content (AvgIpc) is 3.03. The van der Waals surface area contributed by atoms with E-state index in [2.05, 4.69) is 6.07 Å². The monoisotopic (exact) mass is 268 g/mol. The minimum Gasteiger partial charge on any atom is -0.481 e. The molecule has 2 atom stereocenters. The molecule has 2 aromatic rings. The zero-order valence-corrected chi connectivity index (χ0v) is 11.3. The maximum absolute atomic E-state index is 11.3. The third-order valence-corrected chi connectivity index (χ3v) is 4.40. The van der Waals surface area contributed by atoms with Gasteiger partial charge in [-0.05, 0) is 36.5 Å². The van der Waals surface area contributed by atoms with Gasteiger partial charge in [0.15, 0.2) is 0 Å². The van der Waals surface area contributed by atoms with Gasteiger partial charge in [-0.15, -0.1) is 0 Å². The molecule has 4 nitrogen and oxygen atoms in total. The summed E-state index contributed by atoms with van der Waals surface area (Å²) < 4.78 is 1.93. The highest BCUT2D eigenvalue weighted by Crippen LogP contribution is 2.40. The van der Waals surface area contributed by atoms with Crippen molar-refractivity contribution < 1.29 is 9.90 Å². The van der Waals surface area contributed by atoms with E-state index in [1.165, 1.54) is 0 Å². The van der Waals surface area contributed by atoms with E-state index >= 15 is 0 Å². The average molecular weight is 268 g/mol. The van der Waals surface area contributed by atoms with Crippen molar-refractivity contribution in [3.05, 3.63) is 35.5 Å². The Labute approximate surface area is 117 Å². The lowest BCUT2D eigenvalue weighted by atomic mass is 9.88. The highest BCUT2D eigenvalue weighted by molar-refractivity contribution is 5.87. The molecule has 3 rings (SSSR count). The summed E-state index contributed by atoms with van der Waals surface area (Å²) in [6.07, 6.45) is 4.44. The first kappa shape index (κ1) is 12.7. The lowest BCUT2D eigenvalue weighted by molar-refractivity contribution is -0.142. The molecule has 4 heteroatoms. The second-order valence-electron chi connectivity index (χ2n) is 5.52. The number of aromatic nitrogens is 1. The van der Waals surface area contributed by atoms with Crippen LogP contribution in [-0.2, 0) is 11.8 Å². The molecule has 1 aromatic heterocycles. The van der Waals surface area contributed by atoms with Gasteiger partial charge in [-0.3, -0.25) is 4.79 Å². The molecule has 0 radical (unpaired) electrons. The van der Waals surface area contributed by atoms with E-state index < -0.39 is 5.97 Å². The number of aryl methyl sites for hydroxylation is 1. The molecular weight excluding hydrogens is 252 g/mol. The van der Waals surface area contributed by atoms with Gasteiger partial charge < -0.3 is 9.67 Å². The molecule has 1 saturated carbocycles. The molecule has 1 aliphatic rings. The standard InChI is InChI=1S/C16H16N2O2/c1-18-9-11(8-17)14-7-10(5-6-15(14)18)12-3-2-4-13(12)16(19)20/h5-7,9,12-13H,2-4H2,1H3,(H,19,20)/t12-,13+/m0/s1. The van der Waals surface area contributed by atoms with Gasteiger partial charge in [0, 0.05) is 24.1 Å². The van der Waals surface area contributed by atoms with Crippen LogP contribution >= 0.6 is 0 Å². The second kappa shape index (κ2) is 4.68. The van der Waals surface area contributed by atoms with E-state index in [0.29, 0.717) is 5.56 Å². The van der Waals surface area contributed by atoms with Crippen molar-refractivity contribution >= 4 is 16.9 Å². The molecule has 1 aliphatic carbocycles. The van der Waals surface area contributed by atoms with Gasteiger partial charge in [0.05, 0.1) is 11.5 Å². The summed E-state index contributed by atoms with van der Waals surface area (Å²) in [6, 6.07) is 8.20. The number of carboxylic acids is 1. The van der Waals surface area contributed by atoms with Crippen LogP contribution in [0.1, 0.15) is 36.3 Å². The number of carbonyl (C=O) groups is 1. The van der Waals surface area contributed by atoms with Gasteiger partial charge in [0.25, 0.3) is 0 Å². The van der Waals surface area contributed by atoms with Crippen LogP contribution in [0.25, 0.3) is 10.9 Å². The van der Waals surface area contributed by atoms with Crippen LogP contribution in [-0.4, -0.2) is 15.6 Å². The van der Waals surface area contributed by atoms with Gasteiger partial charge in [-0.1, -0.05) is 12.5 Å². The van der Waals surface area contributed by atoms with Gasteiger partial charge in [0.2, 0.25) is 0 Å². The number of nitriles is 1. The van der Waals surface area contributed by atoms with Gasteiger partial charge in [0.1, 0.15) is 6.07 Å². The van der Waals surface area contributed by atoms with Crippen LogP contribution in [0.4, 0.5) is 0 Å². The summed E-state index contributed by atoms with van der Waals surface area (Å²) in [7, 11) is 1.92. The molecule has 0 amide bonds. The number of nitrogens with zero attached hydrogens (tertiary/aromatic N) is 2. The minimum absolute atomic E-state index is 0.0728. The van der Waals surface area contributed by atoms with E-state index in [1.54, 1.807) is 0 Å². The number of carboxylic acid groups (broad SMARTS) is 1. The van der Waals surface area contributed by atoms with Crippen molar-refractivity contribution in [2.75, 3.05) is 0 Å². The van der Waals surface area contributed by atoms with E-state index in [1.807, 2.05) is 36.0 Å². The Morgan fingerprint density at radius 1 is 1.45 bits per heavy atom. The summed E-state index contributed by atoms with van der Waals surface area (Å²) in [4.78, 5) is 11.3. The van der Waals surface area contributed by atoms with E-state index in [-0.39, 0.29) is 11.8 Å². The third-order valence-electron chi connectivity index (χ3n) is 4.40. The van der Waals surface area contributed by atoms with Crippen LogP contribution in [0.2, 0.25) is 0 Å². The molecule has 20 heavy (non-hydrogen) atoms. The Bertz CT molecular complexity index is 724. The van der Waals surface area contributed by atoms with Crippen molar-refractivity contribution in [3.63, 3.8) is 0 Å². The second-order valence-corrected chi connectivity index (χ2v) is 5.52. The fraction of sp³-hybridized carbons (Fsp3) is 0.375. The first-order chi connectivity index (χ1) is 9.61. The van der Waals surface area contributed by atoms with E-state index in [9.17, 15) is 15.2 Å². The quantitative estimate of drug-likeness (QED) is 0.910. The third kappa shape index (κ3) is 1.87. The van der Waals surface area contributed by atoms with Gasteiger partial charge in [-0.2, -0.15) is 5.26 Å². The van der Waals surface area contributed by atoms with Crippen molar-refractivity contribution in [3.8, 4) is 6.07 Å². The lowest BCUT2D eigenvalue weighted by Gasteiger charge is -2.16. The molecule has 0 bridgehead atoms. The zero-order valence-electron chi connectivity index (χ0n) is 11.3. The molecule has 1 N–H and O–H groups in total. The molecular formula is C16H16N2O2. The fourth-order valence-electron chi connectivity index (χ4n) is 3.38. The zero-order chi connectivity index (χ0) is 14.3. The van der Waals surface area contributed by atoms with Crippen LogP contribution in [0.5, 0.6) is 0 Å². The number of rotatable bonds is 2. The number of hydrogen-bond acceptors (Lipinski definition) is 2. The van der Waals surface area contributed by atoms with Crippen LogP contribution in [0, 0.1) is 17.2 Å². The Balaban J connectivity index is 2.09. The Hall–Kier alpha value is -2.28. The predicted octanol–water partition coefficient (Wildman–Crippen LogP) is 3.02. The van der Waals surface area contributed by atoms with Crippen molar-refractivity contribution in [1.82, 2.24) is 4.57 Å². The molecule has 0 spiro atoms. The molecule has 0 saturated heterocycles. The summed E-state index contributed by atoms with van der Waals surface area (Å²) in [6.45, 7) is 0. The highest BCUT2D eigenvalue weighted by Gasteiger charge is 2.34. The van der Waals surface area contributed by atoms with E-state index in [0.717, 1.165) is 35.7 Å². The van der Waals surface area contributed by atoms with Crippen LogP contribution in [0.3, 0.4) is 0 Å². The maximum Gasteiger partial charge on any atom is 0.307 e. The molecule has 0 aliphatic heterocycles. The van der Waals surface area contributed by atoms with Crippen LogP contribution < -0.4 is 0 Å². The van der Waals surface area contributed by atoms with Crippen LogP contribution in [0.15, 0.2) is 24.4 Å². The maximum atomic E-state index is 11.3. The summed E-state index contributed by atoms with van der Waals surface area (Å²) >= 11 is 0. The van der Waals surface area contributed by atoms with E-state index in [4.69, 9.17) is 0 Å². The number of hydrogen-bond donors (Lipinski definition) is 1. The molecule has 1 fully saturated rings. The first-order valence-electron chi connectivity index (χ1n) is 6.83. The SMILES string of the molecule is Cn1cc(C#N)c2cc([C@@H]3CCC[C@H]3C(=O)O)ccc21. The van der Waals surface area contributed by atoms with Crippen molar-refractivity contribution in [2.24, 2.45) is 13.0 Å². The smallest absolute Gasteiger partial charge is 0.307 e. The van der Waals surface area contributed by atoms with Crippen molar-refractivity contribution in [2.45, 2.75) is 25.2 Å². The minimum atomic E-state index is -0.707. The summed E-state index contributed by atoms with van der Waals surface area (Å²) in [5, 5.41) is 19.4. The van der Waals surface area contributed by atoms with Gasteiger partial charge >= 0.3 is 5.97 Å². The molecule has 102 valence electrons. The largest absolute Gasteiger partial charge is 0.481 e. The predicted molar refractivity (Wildman–Crippen MR) is 75.4 cm³/mol. The normalized spacial score (nSPS) is 22.0. The summed E-state index contributed by atoms with van der Waals surface area (Å²) in [5.41, 5.74) is 2.70. The first-order valence-corrected chi connectivity index (χ1v) is 6.83. The Morgan fingerprint density at radius 3 is 2.95 bits per heavy atom. The summed E-state index contributed by atoms with van der Waals surface area (Å²) in [5.74, 6) is -0.925. The molecule has 1 heterocycles. The van der Waals surface area contributed by atoms with Gasteiger partial charge in [-0.25, -0.2) is 0 Å². The lowest BCUT2D eigenvalue weighted by Crippen LogP contribution is -2.16. The highest BCUT2D eigenvalue weighted by atomic mass is 16.4.